The molecule has 5 aromatic carbocycles. The summed E-state index contributed by atoms with van der Waals surface area (Å²) in [6.07, 6.45) is -0.171. The van der Waals surface area contributed by atoms with Crippen LogP contribution < -0.4 is 10.1 Å². The van der Waals surface area contributed by atoms with Gasteiger partial charge in [0.25, 0.3) is 5.91 Å². The summed E-state index contributed by atoms with van der Waals surface area (Å²) in [5, 5.41) is 16.4. The maximum absolute atomic E-state index is 14.9. The summed E-state index contributed by atoms with van der Waals surface area (Å²) >= 11 is 0. The zero-order chi connectivity index (χ0) is 33.9. The molecule has 0 fully saturated rings. The molecule has 2 atom stereocenters. The minimum absolute atomic E-state index is 0.0461. The maximum Gasteiger partial charge on any atom is 0.252 e. The fourth-order valence-electron chi connectivity index (χ4n) is 6.16. The lowest BCUT2D eigenvalue weighted by Gasteiger charge is -2.32. The first-order valence-electron chi connectivity index (χ1n) is 16.3. The van der Waals surface area contributed by atoms with Gasteiger partial charge in [-0.15, -0.1) is 0 Å². The standard InChI is InChI=1S/C40H37N5O4/c41-45-44-36-20-11-10-19-34(36)37-40(27-29-13-4-1-5-14-29,43-38(49-37)32-21-23-33(24-22-32)48-26-12-25-46)39(47)42-28-35(30-15-6-2-7-16-30)31-17-8-3-9-18-31/h1-11,13-24,35,37,46H,12,25-28H2,(H,42,47)/t37-,40-/m1/s1. The molecule has 0 saturated heterocycles. The molecule has 246 valence electrons. The van der Waals surface area contributed by atoms with Gasteiger partial charge < -0.3 is 19.9 Å². The third kappa shape index (κ3) is 7.65. The van der Waals surface area contributed by atoms with Gasteiger partial charge in [0, 0.05) is 53.6 Å². The van der Waals surface area contributed by atoms with Gasteiger partial charge in [0.1, 0.15) is 5.75 Å². The number of hydrogen-bond acceptors (Lipinski definition) is 6. The number of rotatable bonds is 14. The number of carbonyl (C=O) groups is 1. The fourth-order valence-corrected chi connectivity index (χ4v) is 6.16. The Bertz CT molecular complexity index is 1870. The molecular formula is C40H37N5O4. The van der Waals surface area contributed by atoms with Crippen LogP contribution in [0.1, 0.15) is 46.3 Å². The van der Waals surface area contributed by atoms with E-state index in [4.69, 9.17) is 19.6 Å². The minimum Gasteiger partial charge on any atom is -0.494 e. The lowest BCUT2D eigenvalue weighted by atomic mass is 9.81. The Hall–Kier alpha value is -5.89. The molecule has 0 bridgehead atoms. The third-order valence-electron chi connectivity index (χ3n) is 8.59. The summed E-state index contributed by atoms with van der Waals surface area (Å²) in [5.41, 5.74) is 12.6. The van der Waals surface area contributed by atoms with Crippen molar-refractivity contribution in [1.29, 1.82) is 0 Å². The molecule has 0 saturated carbocycles. The van der Waals surface area contributed by atoms with Gasteiger partial charge in [-0.25, -0.2) is 4.99 Å². The lowest BCUT2D eigenvalue weighted by Crippen LogP contribution is -2.50. The van der Waals surface area contributed by atoms with Crippen molar-refractivity contribution >= 4 is 17.5 Å². The predicted molar refractivity (Wildman–Crippen MR) is 190 cm³/mol. The van der Waals surface area contributed by atoms with Crippen LogP contribution in [0.2, 0.25) is 0 Å². The summed E-state index contributed by atoms with van der Waals surface area (Å²) in [6, 6.07) is 44.3. The van der Waals surface area contributed by atoms with Crippen LogP contribution in [0.4, 0.5) is 5.69 Å². The normalized spacial score (nSPS) is 16.7. The average Bonchev–Trinajstić information content (AvgIpc) is 3.53. The molecule has 0 aliphatic carbocycles. The SMILES string of the molecule is [N-]=[N+]=Nc1ccccc1[C@H]1OC(c2ccc(OCCCO)cc2)=N[C@@]1(Cc1ccccc1)C(=O)NCC(c1ccccc1)c1ccccc1. The van der Waals surface area contributed by atoms with Gasteiger partial charge in [0.05, 0.1) is 6.61 Å². The van der Waals surface area contributed by atoms with Gasteiger partial charge in [-0.05, 0) is 46.5 Å². The fraction of sp³-hybridized carbons (Fsp3) is 0.200. The number of aliphatic hydroxyl groups is 1. The van der Waals surface area contributed by atoms with Gasteiger partial charge in [-0.3, -0.25) is 4.79 Å². The van der Waals surface area contributed by atoms with E-state index in [9.17, 15) is 10.3 Å². The second-order valence-corrected chi connectivity index (χ2v) is 11.8. The molecule has 1 aliphatic heterocycles. The smallest absolute Gasteiger partial charge is 0.252 e. The minimum atomic E-state index is -1.47. The van der Waals surface area contributed by atoms with Gasteiger partial charge in [0.2, 0.25) is 5.90 Å². The molecule has 9 nitrogen and oxygen atoms in total. The van der Waals surface area contributed by atoms with E-state index in [-0.39, 0.29) is 30.8 Å². The van der Waals surface area contributed by atoms with Crippen molar-refractivity contribution in [1.82, 2.24) is 5.32 Å². The highest BCUT2D eigenvalue weighted by Crippen LogP contribution is 2.45. The van der Waals surface area contributed by atoms with Gasteiger partial charge in [0.15, 0.2) is 11.6 Å². The van der Waals surface area contributed by atoms with Gasteiger partial charge >= 0.3 is 0 Å². The monoisotopic (exact) mass is 651 g/mol. The highest BCUT2D eigenvalue weighted by atomic mass is 16.5. The zero-order valence-corrected chi connectivity index (χ0v) is 26.9. The van der Waals surface area contributed by atoms with Crippen molar-refractivity contribution in [2.24, 2.45) is 10.1 Å². The molecule has 2 N–H and O–H groups in total. The van der Waals surface area contributed by atoms with Crippen molar-refractivity contribution < 1.29 is 19.4 Å². The van der Waals surface area contributed by atoms with E-state index in [2.05, 4.69) is 39.6 Å². The molecule has 6 rings (SSSR count). The molecule has 1 heterocycles. The molecular weight excluding hydrogens is 614 g/mol. The van der Waals surface area contributed by atoms with E-state index >= 15 is 0 Å². The molecule has 5 aromatic rings. The number of amides is 1. The number of nitrogens with one attached hydrogen (secondary N) is 1. The van der Waals surface area contributed by atoms with Crippen LogP contribution in [0.5, 0.6) is 5.75 Å². The Morgan fingerprint density at radius 1 is 0.878 bits per heavy atom. The number of aliphatic imine (C=N–C) groups is 1. The van der Waals surface area contributed by atoms with Crippen LogP contribution in [0.25, 0.3) is 10.4 Å². The van der Waals surface area contributed by atoms with Crippen molar-refractivity contribution in [3.05, 3.63) is 178 Å². The number of nitrogens with zero attached hydrogens (tertiary/aromatic N) is 4. The Labute approximate surface area is 285 Å². The van der Waals surface area contributed by atoms with Crippen molar-refractivity contribution in [3.63, 3.8) is 0 Å². The third-order valence-corrected chi connectivity index (χ3v) is 8.59. The highest BCUT2D eigenvalue weighted by molar-refractivity contribution is 6.01. The predicted octanol–water partition coefficient (Wildman–Crippen LogP) is 7.84. The molecule has 49 heavy (non-hydrogen) atoms. The summed E-state index contributed by atoms with van der Waals surface area (Å²) < 4.78 is 12.4. The molecule has 1 amide bonds. The Morgan fingerprint density at radius 2 is 1.49 bits per heavy atom. The van der Waals surface area contributed by atoms with Gasteiger partial charge in [-0.2, -0.15) is 0 Å². The molecule has 1 aliphatic rings. The van der Waals surface area contributed by atoms with E-state index in [1.807, 2.05) is 103 Å². The van der Waals surface area contributed by atoms with E-state index in [0.29, 0.717) is 42.1 Å². The lowest BCUT2D eigenvalue weighted by molar-refractivity contribution is -0.128. The topological polar surface area (TPSA) is 129 Å². The van der Waals surface area contributed by atoms with Crippen LogP contribution in [-0.2, 0) is 16.0 Å². The number of hydrogen-bond donors (Lipinski definition) is 2. The van der Waals surface area contributed by atoms with Gasteiger partial charge in [-0.1, -0.05) is 120 Å². The van der Waals surface area contributed by atoms with Crippen LogP contribution in [0.15, 0.2) is 150 Å². The number of azide groups is 1. The average molecular weight is 652 g/mol. The molecule has 0 aromatic heterocycles. The second-order valence-electron chi connectivity index (χ2n) is 11.8. The highest BCUT2D eigenvalue weighted by Gasteiger charge is 2.53. The summed E-state index contributed by atoms with van der Waals surface area (Å²) in [6.45, 7) is 0.752. The molecule has 9 heteroatoms. The first-order chi connectivity index (χ1) is 24.1. The first-order valence-corrected chi connectivity index (χ1v) is 16.3. The summed E-state index contributed by atoms with van der Waals surface area (Å²) in [4.78, 5) is 23.1. The quantitative estimate of drug-likeness (QED) is 0.0549. The van der Waals surface area contributed by atoms with Crippen molar-refractivity contribution in [2.75, 3.05) is 19.8 Å². The van der Waals surface area contributed by atoms with E-state index in [1.165, 1.54) is 0 Å². The van der Waals surface area contributed by atoms with Crippen LogP contribution in [-0.4, -0.2) is 42.2 Å². The van der Waals surface area contributed by atoms with E-state index in [0.717, 1.165) is 16.7 Å². The summed E-state index contributed by atoms with van der Waals surface area (Å²) in [7, 11) is 0. The number of ether oxygens (including phenoxy) is 2. The van der Waals surface area contributed by atoms with E-state index < -0.39 is 11.6 Å². The van der Waals surface area contributed by atoms with E-state index in [1.54, 1.807) is 12.1 Å². The largest absolute Gasteiger partial charge is 0.494 e. The number of benzene rings is 5. The Morgan fingerprint density at radius 3 is 2.12 bits per heavy atom. The maximum atomic E-state index is 14.9. The molecule has 0 radical (unpaired) electrons. The Kier molecular flexibility index (Phi) is 10.7. The zero-order valence-electron chi connectivity index (χ0n) is 26.9. The molecule has 0 unspecified atom stereocenters. The Balaban J connectivity index is 1.43. The van der Waals surface area contributed by atoms with Crippen molar-refractivity contribution in [2.45, 2.75) is 30.4 Å². The molecule has 0 spiro atoms. The van der Waals surface area contributed by atoms with Crippen molar-refractivity contribution in [3.8, 4) is 5.75 Å². The second kappa shape index (κ2) is 15.8. The first kappa shape index (κ1) is 33.0. The number of aliphatic hydroxyl groups excluding tert-OH is 1. The van der Waals surface area contributed by atoms with Crippen LogP contribution in [0.3, 0.4) is 0 Å². The van der Waals surface area contributed by atoms with Crippen LogP contribution >= 0.6 is 0 Å². The van der Waals surface area contributed by atoms with Crippen LogP contribution in [0, 0.1) is 0 Å². The number of carbonyl (C=O) groups excluding carboxylic acids is 1. The summed E-state index contributed by atoms with van der Waals surface area (Å²) in [5.74, 6) is 0.504.